The quantitative estimate of drug-likeness (QED) is 0.362. The Balaban J connectivity index is 1.69. The van der Waals surface area contributed by atoms with Gasteiger partial charge in [0, 0.05) is 12.6 Å². The van der Waals surface area contributed by atoms with Gasteiger partial charge in [-0.3, -0.25) is 13.8 Å². The number of hydrogen-bond acceptors (Lipinski definition) is 9. The van der Waals surface area contributed by atoms with Gasteiger partial charge < -0.3 is 24.1 Å². The summed E-state index contributed by atoms with van der Waals surface area (Å²) < 4.78 is 86.4. The normalized spacial score (nSPS) is 17.5. The maximum atomic E-state index is 14.1. The summed E-state index contributed by atoms with van der Waals surface area (Å²) in [7, 11) is -4.37. The number of esters is 1. The molecule has 0 saturated heterocycles. The first kappa shape index (κ1) is 30.6. The maximum Gasteiger partial charge on any atom is 0.427 e. The molecule has 15 heteroatoms. The number of aliphatic hydroxyl groups excluding tert-OH is 1. The molecule has 2 aliphatic rings. The molecule has 4 rings (SSSR count). The molecule has 41 heavy (non-hydrogen) atoms. The maximum absolute atomic E-state index is 14.1. The Bertz CT molecular complexity index is 1400. The minimum absolute atomic E-state index is 0.0225. The topological polar surface area (TPSA) is 137 Å². The van der Waals surface area contributed by atoms with Gasteiger partial charge in [-0.05, 0) is 57.7 Å². The Labute approximate surface area is 235 Å². The van der Waals surface area contributed by atoms with Gasteiger partial charge in [0.1, 0.15) is 24.2 Å². The van der Waals surface area contributed by atoms with E-state index < -0.39 is 40.3 Å². The van der Waals surface area contributed by atoms with Crippen molar-refractivity contribution in [2.75, 3.05) is 24.1 Å². The molecule has 11 nitrogen and oxygen atoms in total. The average Bonchev–Trinajstić information content (AvgIpc) is 3.63. The number of fused-ring (bicyclic) bond motifs is 1. The number of benzene rings is 1. The van der Waals surface area contributed by atoms with Crippen molar-refractivity contribution in [1.82, 2.24) is 9.78 Å². The summed E-state index contributed by atoms with van der Waals surface area (Å²) in [4.78, 5) is 23.8. The highest BCUT2D eigenvalue weighted by atomic mass is 32.2. The smallest absolute Gasteiger partial charge is 0.427 e. The molecule has 0 unspecified atom stereocenters. The van der Waals surface area contributed by atoms with Crippen LogP contribution in [0.2, 0.25) is 0 Å². The average molecular weight is 604 g/mol. The van der Waals surface area contributed by atoms with E-state index in [-0.39, 0.29) is 72.2 Å². The van der Waals surface area contributed by atoms with Crippen molar-refractivity contribution in [3.63, 3.8) is 0 Å². The number of Topliss-reactive ketones (excluding diaryl/α,β-unsaturated/α-hetero) is 1. The number of nitrogens with zero attached hydrogens (tertiary/aromatic N) is 3. The lowest BCUT2D eigenvalue weighted by Crippen LogP contribution is -2.44. The molecule has 1 fully saturated rings. The van der Waals surface area contributed by atoms with Crippen LogP contribution in [-0.4, -0.2) is 72.7 Å². The van der Waals surface area contributed by atoms with Crippen LogP contribution in [-0.2, 0) is 30.8 Å². The van der Waals surface area contributed by atoms with Crippen LogP contribution in [0.5, 0.6) is 11.6 Å². The number of anilines is 1. The molecule has 1 aromatic carbocycles. The molecule has 0 radical (unpaired) electrons. The fourth-order valence-corrected chi connectivity index (χ4v) is 5.74. The zero-order valence-electron chi connectivity index (χ0n) is 22.8. The lowest BCUT2D eigenvalue weighted by molar-refractivity contribution is -0.257. The Hall–Kier alpha value is -3.33. The second-order valence-corrected chi connectivity index (χ2v) is 12.4. The van der Waals surface area contributed by atoms with Crippen LogP contribution in [0, 0.1) is 0 Å². The molecule has 226 valence electrons. The van der Waals surface area contributed by atoms with Crippen LogP contribution in [0.1, 0.15) is 58.1 Å². The molecule has 1 aromatic heterocycles. The van der Waals surface area contributed by atoms with E-state index in [1.165, 1.54) is 36.0 Å². The van der Waals surface area contributed by atoms with Crippen molar-refractivity contribution >= 4 is 27.5 Å². The third-order valence-electron chi connectivity index (χ3n) is 6.66. The molecule has 0 spiro atoms. The summed E-state index contributed by atoms with van der Waals surface area (Å²) in [6.07, 6.45) is -2.65. The summed E-state index contributed by atoms with van der Waals surface area (Å²) in [5.74, 6) is -1.29. The molecule has 1 atom stereocenters. The molecule has 2 heterocycles. The van der Waals surface area contributed by atoms with E-state index in [4.69, 9.17) is 9.47 Å². The van der Waals surface area contributed by atoms with Gasteiger partial charge in [0.15, 0.2) is 4.90 Å². The first-order valence-electron chi connectivity index (χ1n) is 13.1. The van der Waals surface area contributed by atoms with Crippen molar-refractivity contribution in [3.05, 3.63) is 30.0 Å². The standard InChI is InChI=1S/C26H32F3N3O8S/c1-16(34)4-8-19-14-32(41(36,37)22-15-31(18-6-7-18)30-24(22)38-11-10-33)20-12-17(5-9-21(20)39-19)13-23(35)40-25(2,3)26(27,28)29/h5,9,12,15,18-19,33H,4,6-8,10-11,13-14H2,1-3H3/t19-/m0/s1. The SMILES string of the molecule is CC(=O)CC[C@H]1CN(S(=O)(=O)c2cn(C3CC3)nc2OCCO)c2cc(CC(=O)OC(C)(C)C(F)(F)F)ccc2O1. The number of alkyl halides is 3. The minimum Gasteiger partial charge on any atom is -0.486 e. The van der Waals surface area contributed by atoms with Gasteiger partial charge >= 0.3 is 12.1 Å². The molecule has 0 bridgehead atoms. The Morgan fingerprint density at radius 2 is 1.93 bits per heavy atom. The van der Waals surface area contributed by atoms with Crippen molar-refractivity contribution < 1.29 is 50.5 Å². The Kier molecular flexibility index (Phi) is 8.60. The second kappa shape index (κ2) is 11.5. The number of carbonyl (C=O) groups is 2. The van der Waals surface area contributed by atoms with Gasteiger partial charge in [0.25, 0.3) is 15.9 Å². The number of ketones is 1. The number of ether oxygens (including phenoxy) is 3. The molecule has 1 saturated carbocycles. The number of carbonyl (C=O) groups excluding carboxylic acids is 2. The van der Waals surface area contributed by atoms with Gasteiger partial charge in [0.2, 0.25) is 5.60 Å². The zero-order valence-corrected chi connectivity index (χ0v) is 23.6. The molecule has 2 aromatic rings. The number of aromatic nitrogens is 2. The third kappa shape index (κ3) is 6.94. The third-order valence-corrected chi connectivity index (χ3v) is 8.42. The predicted molar refractivity (Wildman–Crippen MR) is 138 cm³/mol. The highest BCUT2D eigenvalue weighted by molar-refractivity contribution is 7.93. The van der Waals surface area contributed by atoms with Crippen LogP contribution in [0.25, 0.3) is 0 Å². The van der Waals surface area contributed by atoms with E-state index in [0.29, 0.717) is 0 Å². The van der Waals surface area contributed by atoms with Gasteiger partial charge in [-0.15, -0.1) is 5.10 Å². The summed E-state index contributed by atoms with van der Waals surface area (Å²) >= 11 is 0. The number of aliphatic hydroxyl groups is 1. The molecule has 1 aliphatic carbocycles. The van der Waals surface area contributed by atoms with Gasteiger partial charge in [-0.25, -0.2) is 8.42 Å². The fourth-order valence-electron chi connectivity index (χ4n) is 4.18. The minimum atomic E-state index is -4.78. The Morgan fingerprint density at radius 3 is 2.54 bits per heavy atom. The summed E-state index contributed by atoms with van der Waals surface area (Å²) in [6, 6.07) is 4.22. The second-order valence-electron chi connectivity index (χ2n) is 10.6. The molecule has 1 N–H and O–H groups in total. The molecular formula is C26H32F3N3O8S. The van der Waals surface area contributed by atoms with Crippen LogP contribution >= 0.6 is 0 Å². The summed E-state index contributed by atoms with van der Waals surface area (Å²) in [6.45, 7) is 2.14. The van der Waals surface area contributed by atoms with Crippen LogP contribution in [0.3, 0.4) is 0 Å². The lowest BCUT2D eigenvalue weighted by atomic mass is 10.1. The largest absolute Gasteiger partial charge is 0.486 e. The van der Waals surface area contributed by atoms with E-state index in [1.54, 1.807) is 0 Å². The van der Waals surface area contributed by atoms with E-state index in [2.05, 4.69) is 9.84 Å². The van der Waals surface area contributed by atoms with Crippen LogP contribution in [0.15, 0.2) is 29.3 Å². The van der Waals surface area contributed by atoms with Crippen LogP contribution in [0.4, 0.5) is 18.9 Å². The van der Waals surface area contributed by atoms with Gasteiger partial charge in [-0.2, -0.15) is 13.2 Å². The number of halogens is 3. The predicted octanol–water partition coefficient (Wildman–Crippen LogP) is 3.34. The highest BCUT2D eigenvalue weighted by Crippen LogP contribution is 2.42. The first-order valence-corrected chi connectivity index (χ1v) is 14.5. The van der Waals surface area contributed by atoms with E-state index in [9.17, 15) is 36.3 Å². The van der Waals surface area contributed by atoms with Gasteiger partial charge in [0.05, 0.1) is 31.3 Å². The van der Waals surface area contributed by atoms with Gasteiger partial charge in [-0.1, -0.05) is 6.07 Å². The summed E-state index contributed by atoms with van der Waals surface area (Å²) in [5.41, 5.74) is -2.47. The number of sulfonamides is 1. The first-order chi connectivity index (χ1) is 19.1. The Morgan fingerprint density at radius 1 is 1.22 bits per heavy atom. The van der Waals surface area contributed by atoms with E-state index >= 15 is 0 Å². The summed E-state index contributed by atoms with van der Waals surface area (Å²) in [5, 5.41) is 13.5. The van der Waals surface area contributed by atoms with Crippen molar-refractivity contribution in [3.8, 4) is 11.6 Å². The monoisotopic (exact) mass is 603 g/mol. The molecular weight excluding hydrogens is 571 g/mol. The number of rotatable bonds is 12. The van der Waals surface area contributed by atoms with Crippen molar-refractivity contribution in [1.29, 1.82) is 0 Å². The highest BCUT2D eigenvalue weighted by Gasteiger charge is 2.50. The van der Waals surface area contributed by atoms with Crippen molar-refractivity contribution in [2.24, 2.45) is 0 Å². The fraction of sp³-hybridized carbons (Fsp3) is 0.577. The van der Waals surface area contributed by atoms with E-state index in [0.717, 1.165) is 31.0 Å². The lowest BCUT2D eigenvalue weighted by Gasteiger charge is -2.35. The zero-order chi connectivity index (χ0) is 30.2. The molecule has 0 amide bonds. The van der Waals surface area contributed by atoms with Crippen molar-refractivity contribution in [2.45, 2.75) is 81.7 Å². The molecule has 1 aliphatic heterocycles. The van der Waals surface area contributed by atoms with E-state index in [1.807, 2.05) is 0 Å². The van der Waals surface area contributed by atoms with Crippen LogP contribution < -0.4 is 13.8 Å². The number of hydrogen-bond donors (Lipinski definition) is 1.